The molecule has 1 aliphatic rings. The molecule has 3 heteroatoms. The van der Waals surface area contributed by atoms with Crippen LogP contribution in [-0.2, 0) is 11.2 Å². The topological polar surface area (TPSA) is 47.3 Å². The van der Waals surface area contributed by atoms with E-state index in [9.17, 15) is 0 Å². The number of hydrogen-bond acceptors (Lipinski definition) is 3. The Labute approximate surface area is 116 Å². The number of nitrogens with two attached hydrogens (primary N) is 1. The maximum absolute atomic E-state index is 5.95. The second kappa shape index (κ2) is 6.04. The SMILES string of the molecule is CCOC(C)(CC)C(CC1Cc2ccccc21)NN. The van der Waals surface area contributed by atoms with Crippen LogP contribution in [0.15, 0.2) is 24.3 Å². The van der Waals surface area contributed by atoms with Crippen molar-refractivity contribution in [3.8, 4) is 0 Å². The Morgan fingerprint density at radius 2 is 2.16 bits per heavy atom. The predicted octanol–water partition coefficient (Wildman–Crippen LogP) is 2.75. The summed E-state index contributed by atoms with van der Waals surface area (Å²) in [6.07, 6.45) is 3.17. The number of rotatable bonds is 7. The zero-order valence-corrected chi connectivity index (χ0v) is 12.3. The molecule has 0 spiro atoms. The van der Waals surface area contributed by atoms with Crippen LogP contribution in [0.2, 0.25) is 0 Å². The lowest BCUT2D eigenvalue weighted by Crippen LogP contribution is -2.54. The van der Waals surface area contributed by atoms with Crippen molar-refractivity contribution >= 4 is 0 Å². The fraction of sp³-hybridized carbons (Fsp3) is 0.625. The Bertz CT molecular complexity index is 421. The Hall–Kier alpha value is -0.900. The monoisotopic (exact) mass is 262 g/mol. The van der Waals surface area contributed by atoms with Gasteiger partial charge in [0.15, 0.2) is 0 Å². The zero-order valence-electron chi connectivity index (χ0n) is 12.3. The second-order valence-electron chi connectivity index (χ2n) is 5.65. The van der Waals surface area contributed by atoms with Gasteiger partial charge in [-0.25, -0.2) is 0 Å². The van der Waals surface area contributed by atoms with Gasteiger partial charge in [0.05, 0.1) is 11.6 Å². The first-order valence-corrected chi connectivity index (χ1v) is 7.32. The third-order valence-corrected chi connectivity index (χ3v) is 4.60. The molecule has 0 aromatic heterocycles. The van der Waals surface area contributed by atoms with E-state index >= 15 is 0 Å². The van der Waals surface area contributed by atoms with Gasteiger partial charge in [-0.1, -0.05) is 31.2 Å². The Kier molecular flexibility index (Phi) is 4.61. The molecule has 0 fully saturated rings. The van der Waals surface area contributed by atoms with E-state index in [0.717, 1.165) is 19.4 Å². The molecule has 0 amide bonds. The van der Waals surface area contributed by atoms with E-state index in [1.165, 1.54) is 17.5 Å². The average Bonchev–Trinajstić information content (AvgIpc) is 2.40. The van der Waals surface area contributed by atoms with Gasteiger partial charge < -0.3 is 4.74 Å². The lowest BCUT2D eigenvalue weighted by Gasteiger charge is -2.40. The van der Waals surface area contributed by atoms with Crippen molar-refractivity contribution in [1.82, 2.24) is 5.43 Å². The van der Waals surface area contributed by atoms with E-state index in [1.54, 1.807) is 0 Å². The highest BCUT2D eigenvalue weighted by Crippen LogP contribution is 2.40. The summed E-state index contributed by atoms with van der Waals surface area (Å²) in [7, 11) is 0. The van der Waals surface area contributed by atoms with Crippen LogP contribution in [0.5, 0.6) is 0 Å². The van der Waals surface area contributed by atoms with Crippen molar-refractivity contribution in [2.45, 2.75) is 57.6 Å². The number of fused-ring (bicyclic) bond motifs is 1. The molecule has 3 N–H and O–H groups in total. The van der Waals surface area contributed by atoms with Crippen molar-refractivity contribution in [2.24, 2.45) is 5.84 Å². The van der Waals surface area contributed by atoms with Crippen LogP contribution in [0, 0.1) is 0 Å². The third-order valence-electron chi connectivity index (χ3n) is 4.60. The van der Waals surface area contributed by atoms with E-state index in [-0.39, 0.29) is 11.6 Å². The van der Waals surface area contributed by atoms with Gasteiger partial charge in [0.25, 0.3) is 0 Å². The highest BCUT2D eigenvalue weighted by atomic mass is 16.5. The van der Waals surface area contributed by atoms with Crippen LogP contribution in [0.4, 0.5) is 0 Å². The smallest absolute Gasteiger partial charge is 0.0817 e. The maximum atomic E-state index is 5.95. The van der Waals surface area contributed by atoms with E-state index in [2.05, 4.69) is 43.5 Å². The minimum absolute atomic E-state index is 0.186. The minimum Gasteiger partial charge on any atom is -0.374 e. The van der Waals surface area contributed by atoms with E-state index in [1.807, 2.05) is 6.92 Å². The quantitative estimate of drug-likeness (QED) is 0.587. The number of hydrazine groups is 1. The van der Waals surface area contributed by atoms with Gasteiger partial charge in [0, 0.05) is 6.61 Å². The lowest BCUT2D eigenvalue weighted by atomic mass is 9.72. The average molecular weight is 262 g/mol. The van der Waals surface area contributed by atoms with Crippen LogP contribution in [0.3, 0.4) is 0 Å². The molecule has 1 aromatic rings. The summed E-state index contributed by atoms with van der Waals surface area (Å²) in [6.45, 7) is 7.09. The molecule has 0 bridgehead atoms. The van der Waals surface area contributed by atoms with Gasteiger partial charge in [0.1, 0.15) is 0 Å². The van der Waals surface area contributed by atoms with Crippen molar-refractivity contribution in [2.75, 3.05) is 6.61 Å². The van der Waals surface area contributed by atoms with Gasteiger partial charge in [0.2, 0.25) is 0 Å². The van der Waals surface area contributed by atoms with Gasteiger partial charge in [-0.15, -0.1) is 0 Å². The summed E-state index contributed by atoms with van der Waals surface area (Å²) in [4.78, 5) is 0. The molecule has 3 unspecified atom stereocenters. The highest BCUT2D eigenvalue weighted by molar-refractivity contribution is 5.40. The molecule has 1 aliphatic carbocycles. The van der Waals surface area contributed by atoms with Crippen molar-refractivity contribution in [1.29, 1.82) is 0 Å². The lowest BCUT2D eigenvalue weighted by molar-refractivity contribution is -0.0589. The summed E-state index contributed by atoms with van der Waals surface area (Å²) in [5, 5.41) is 0. The summed E-state index contributed by atoms with van der Waals surface area (Å²) in [5.74, 6) is 6.40. The third kappa shape index (κ3) is 2.83. The number of hydrogen-bond donors (Lipinski definition) is 2. The summed E-state index contributed by atoms with van der Waals surface area (Å²) < 4.78 is 5.95. The second-order valence-corrected chi connectivity index (χ2v) is 5.65. The van der Waals surface area contributed by atoms with Gasteiger partial charge >= 0.3 is 0 Å². The predicted molar refractivity (Wildman–Crippen MR) is 78.9 cm³/mol. The maximum Gasteiger partial charge on any atom is 0.0817 e. The number of ether oxygens (including phenoxy) is 1. The summed E-state index contributed by atoms with van der Waals surface area (Å²) >= 11 is 0. The van der Waals surface area contributed by atoms with Gasteiger partial charge in [-0.05, 0) is 50.2 Å². The van der Waals surface area contributed by atoms with E-state index in [4.69, 9.17) is 10.6 Å². The van der Waals surface area contributed by atoms with E-state index < -0.39 is 0 Å². The van der Waals surface area contributed by atoms with Crippen LogP contribution in [0.1, 0.15) is 50.7 Å². The molecule has 3 atom stereocenters. The minimum atomic E-state index is -0.186. The molecular weight excluding hydrogens is 236 g/mol. The molecular formula is C16H26N2O. The number of nitrogens with one attached hydrogen (secondary N) is 1. The first kappa shape index (κ1) is 14.5. The fourth-order valence-electron chi connectivity index (χ4n) is 3.13. The zero-order chi connectivity index (χ0) is 13.9. The Morgan fingerprint density at radius 1 is 1.42 bits per heavy atom. The van der Waals surface area contributed by atoms with Crippen LogP contribution >= 0.6 is 0 Å². The molecule has 2 rings (SSSR count). The molecule has 19 heavy (non-hydrogen) atoms. The molecule has 0 saturated carbocycles. The highest BCUT2D eigenvalue weighted by Gasteiger charge is 2.37. The molecule has 0 heterocycles. The van der Waals surface area contributed by atoms with E-state index in [0.29, 0.717) is 5.92 Å². The van der Waals surface area contributed by atoms with Crippen LogP contribution < -0.4 is 11.3 Å². The largest absolute Gasteiger partial charge is 0.374 e. The summed E-state index contributed by atoms with van der Waals surface area (Å²) in [6, 6.07) is 8.89. The first-order valence-electron chi connectivity index (χ1n) is 7.32. The molecule has 0 saturated heterocycles. The molecule has 3 nitrogen and oxygen atoms in total. The van der Waals surface area contributed by atoms with Gasteiger partial charge in [-0.3, -0.25) is 11.3 Å². The standard InChI is InChI=1S/C16H26N2O/c1-4-16(3,19-5-2)15(18-17)11-13-10-12-8-6-7-9-14(12)13/h6-9,13,15,18H,4-5,10-11,17H2,1-3H3. The van der Waals surface area contributed by atoms with Crippen molar-refractivity contribution in [3.05, 3.63) is 35.4 Å². The first-order chi connectivity index (χ1) is 9.14. The molecule has 106 valence electrons. The Balaban J connectivity index is 2.05. The van der Waals surface area contributed by atoms with Crippen LogP contribution in [0.25, 0.3) is 0 Å². The molecule has 0 aliphatic heterocycles. The van der Waals surface area contributed by atoms with Gasteiger partial charge in [-0.2, -0.15) is 0 Å². The molecule has 1 aromatic carbocycles. The normalized spacial score (nSPS) is 22.2. The molecule has 0 radical (unpaired) electrons. The van der Waals surface area contributed by atoms with Crippen molar-refractivity contribution in [3.63, 3.8) is 0 Å². The van der Waals surface area contributed by atoms with Crippen molar-refractivity contribution < 1.29 is 4.74 Å². The Morgan fingerprint density at radius 3 is 2.74 bits per heavy atom. The fourth-order valence-corrected chi connectivity index (χ4v) is 3.13. The summed E-state index contributed by atoms with van der Waals surface area (Å²) in [5.41, 5.74) is 5.76. The number of benzene rings is 1. The van der Waals surface area contributed by atoms with Crippen LogP contribution in [-0.4, -0.2) is 18.2 Å².